The normalized spacial score (nSPS) is 11.9. The maximum absolute atomic E-state index is 13.3. The molecule has 3 aromatic rings. The monoisotopic (exact) mass is 330 g/mol. The van der Waals surface area contributed by atoms with Crippen molar-refractivity contribution >= 4 is 5.65 Å². The third-order valence-electron chi connectivity index (χ3n) is 3.76. The summed E-state index contributed by atoms with van der Waals surface area (Å²) in [7, 11) is 0. The lowest BCUT2D eigenvalue weighted by Gasteiger charge is -2.12. The molecule has 24 heavy (non-hydrogen) atoms. The molecule has 4 nitrogen and oxygen atoms in total. The minimum absolute atomic E-state index is 0.00107. The number of aromatic nitrogens is 3. The van der Waals surface area contributed by atoms with Gasteiger partial charge in [-0.1, -0.05) is 38.1 Å². The molecule has 3 rings (SSSR count). The van der Waals surface area contributed by atoms with Gasteiger partial charge in [0, 0.05) is 5.56 Å². The number of rotatable bonds is 2. The van der Waals surface area contributed by atoms with Crippen LogP contribution in [0.2, 0.25) is 0 Å². The summed E-state index contributed by atoms with van der Waals surface area (Å²) in [5.41, 5.74) is 0.728. The van der Waals surface area contributed by atoms with Crippen LogP contribution in [0.25, 0.3) is 16.9 Å². The highest BCUT2D eigenvalue weighted by Gasteiger charge is 2.35. The van der Waals surface area contributed by atoms with Crippen LogP contribution in [-0.4, -0.2) is 14.6 Å². The standard InChI is InChI=1S/C17H13F3N4/c1-10(2)11-3-5-12(6-4-11)14-7-15(17(18,19)20)24-16(23-14)13(8-21)9-22-24/h3-7,9-10H,1-2H3. The number of nitrogens with zero attached hydrogens (tertiary/aromatic N) is 4. The molecule has 122 valence electrons. The molecule has 0 atom stereocenters. The van der Waals surface area contributed by atoms with E-state index in [0.717, 1.165) is 17.8 Å². The van der Waals surface area contributed by atoms with Crippen molar-refractivity contribution in [2.24, 2.45) is 0 Å². The van der Waals surface area contributed by atoms with Gasteiger partial charge in [-0.2, -0.15) is 23.5 Å². The number of fused-ring (bicyclic) bond motifs is 1. The van der Waals surface area contributed by atoms with E-state index in [1.807, 2.05) is 32.0 Å². The zero-order chi connectivity index (χ0) is 17.5. The highest BCUT2D eigenvalue weighted by molar-refractivity contribution is 5.66. The number of alkyl halides is 3. The Kier molecular flexibility index (Phi) is 3.76. The van der Waals surface area contributed by atoms with Crippen LogP contribution in [0, 0.1) is 11.3 Å². The van der Waals surface area contributed by atoms with Crippen molar-refractivity contribution in [3.8, 4) is 17.3 Å². The largest absolute Gasteiger partial charge is 0.433 e. The summed E-state index contributed by atoms with van der Waals surface area (Å²) in [4.78, 5) is 4.20. The first-order chi connectivity index (χ1) is 11.3. The first-order valence-electron chi connectivity index (χ1n) is 7.27. The van der Waals surface area contributed by atoms with Crippen LogP contribution in [0.1, 0.15) is 36.6 Å². The fourth-order valence-electron chi connectivity index (χ4n) is 2.43. The lowest BCUT2D eigenvalue weighted by atomic mass is 10.0. The number of hydrogen-bond donors (Lipinski definition) is 0. The Morgan fingerprint density at radius 2 is 1.83 bits per heavy atom. The smallest absolute Gasteiger partial charge is 0.227 e. The summed E-state index contributed by atoms with van der Waals surface area (Å²) < 4.78 is 40.6. The Balaban J connectivity index is 2.23. The van der Waals surface area contributed by atoms with Crippen LogP contribution >= 0.6 is 0 Å². The Hall–Kier alpha value is -2.88. The van der Waals surface area contributed by atoms with E-state index in [2.05, 4.69) is 10.1 Å². The maximum Gasteiger partial charge on any atom is 0.433 e. The van der Waals surface area contributed by atoms with Crippen LogP contribution in [0.15, 0.2) is 36.5 Å². The molecule has 2 heterocycles. The minimum atomic E-state index is -4.60. The van der Waals surface area contributed by atoms with Crippen molar-refractivity contribution in [1.82, 2.24) is 14.6 Å². The molecule has 0 aliphatic heterocycles. The lowest BCUT2D eigenvalue weighted by molar-refractivity contribution is -0.142. The summed E-state index contributed by atoms with van der Waals surface area (Å²) in [6, 6.07) is 9.96. The molecule has 0 aliphatic rings. The van der Waals surface area contributed by atoms with Crippen LogP contribution in [0.3, 0.4) is 0 Å². The number of hydrogen-bond acceptors (Lipinski definition) is 3. The van der Waals surface area contributed by atoms with Gasteiger partial charge >= 0.3 is 6.18 Å². The van der Waals surface area contributed by atoms with E-state index < -0.39 is 11.9 Å². The van der Waals surface area contributed by atoms with Crippen molar-refractivity contribution in [2.45, 2.75) is 25.9 Å². The average Bonchev–Trinajstić information content (AvgIpc) is 2.96. The highest BCUT2D eigenvalue weighted by atomic mass is 19.4. The number of benzene rings is 1. The third kappa shape index (κ3) is 2.71. The molecule has 7 heteroatoms. The van der Waals surface area contributed by atoms with Crippen molar-refractivity contribution in [1.29, 1.82) is 5.26 Å². The molecule has 0 saturated heterocycles. The molecule has 0 fully saturated rings. The Morgan fingerprint density at radius 3 is 2.38 bits per heavy atom. The van der Waals surface area contributed by atoms with Gasteiger partial charge in [-0.15, -0.1) is 0 Å². The van der Waals surface area contributed by atoms with Crippen LogP contribution in [-0.2, 0) is 6.18 Å². The topological polar surface area (TPSA) is 54.0 Å². The van der Waals surface area contributed by atoms with Gasteiger partial charge in [0.25, 0.3) is 0 Å². The minimum Gasteiger partial charge on any atom is -0.227 e. The molecule has 0 radical (unpaired) electrons. The van der Waals surface area contributed by atoms with Crippen molar-refractivity contribution in [3.05, 3.63) is 53.3 Å². The number of halogens is 3. The predicted octanol–water partition coefficient (Wildman–Crippen LogP) is 4.41. The average molecular weight is 330 g/mol. The Morgan fingerprint density at radius 1 is 1.17 bits per heavy atom. The first-order valence-corrected chi connectivity index (χ1v) is 7.27. The molecular weight excluding hydrogens is 317 g/mol. The molecular formula is C17H13F3N4. The zero-order valence-corrected chi connectivity index (χ0v) is 13.0. The fraction of sp³-hybridized carbons (Fsp3) is 0.235. The summed E-state index contributed by atoms with van der Waals surface area (Å²) in [6.07, 6.45) is -3.52. The molecule has 0 spiro atoms. The van der Waals surface area contributed by atoms with Crippen LogP contribution in [0.5, 0.6) is 0 Å². The SMILES string of the molecule is CC(C)c1ccc(-c2cc(C(F)(F)F)n3ncc(C#N)c3n2)cc1. The second-order valence-electron chi connectivity index (χ2n) is 5.71. The molecule has 0 unspecified atom stereocenters. The van der Waals surface area contributed by atoms with Gasteiger partial charge in [0.05, 0.1) is 11.9 Å². The molecule has 0 aliphatic carbocycles. The summed E-state index contributed by atoms with van der Waals surface area (Å²) in [5, 5.41) is 12.7. The van der Waals surface area contributed by atoms with E-state index in [9.17, 15) is 13.2 Å². The Bertz CT molecular complexity index is 931. The number of nitriles is 1. The van der Waals surface area contributed by atoms with Crippen LogP contribution < -0.4 is 0 Å². The van der Waals surface area contributed by atoms with Crippen molar-refractivity contribution in [3.63, 3.8) is 0 Å². The third-order valence-corrected chi connectivity index (χ3v) is 3.76. The maximum atomic E-state index is 13.3. The molecule has 0 N–H and O–H groups in total. The summed E-state index contributed by atoms with van der Waals surface area (Å²) >= 11 is 0. The van der Waals surface area contributed by atoms with Gasteiger partial charge < -0.3 is 0 Å². The molecule has 0 bridgehead atoms. The highest BCUT2D eigenvalue weighted by Crippen LogP contribution is 2.32. The molecule has 0 amide bonds. The first kappa shape index (κ1) is 16.0. The summed E-state index contributed by atoms with van der Waals surface area (Å²) in [6.45, 7) is 4.07. The molecule has 0 saturated carbocycles. The quantitative estimate of drug-likeness (QED) is 0.699. The molecule has 1 aromatic carbocycles. The molecule has 2 aromatic heterocycles. The van der Waals surface area contributed by atoms with Gasteiger partial charge in [-0.05, 0) is 17.5 Å². The van der Waals surface area contributed by atoms with Gasteiger partial charge in [0.2, 0.25) is 0 Å². The van der Waals surface area contributed by atoms with Crippen molar-refractivity contribution < 1.29 is 13.2 Å². The van der Waals surface area contributed by atoms with Gasteiger partial charge in [-0.25, -0.2) is 9.50 Å². The second-order valence-corrected chi connectivity index (χ2v) is 5.71. The van der Waals surface area contributed by atoms with Gasteiger partial charge in [-0.3, -0.25) is 0 Å². The van der Waals surface area contributed by atoms with E-state index >= 15 is 0 Å². The van der Waals surface area contributed by atoms with E-state index in [1.165, 1.54) is 0 Å². The van der Waals surface area contributed by atoms with E-state index in [4.69, 9.17) is 5.26 Å². The van der Waals surface area contributed by atoms with Gasteiger partial charge in [0.1, 0.15) is 11.6 Å². The van der Waals surface area contributed by atoms with Crippen LogP contribution in [0.4, 0.5) is 13.2 Å². The van der Waals surface area contributed by atoms with E-state index in [1.54, 1.807) is 12.1 Å². The second kappa shape index (κ2) is 5.64. The Labute approximate surface area is 136 Å². The zero-order valence-electron chi connectivity index (χ0n) is 13.0. The fourth-order valence-corrected chi connectivity index (χ4v) is 2.43. The lowest BCUT2D eigenvalue weighted by Crippen LogP contribution is -2.13. The van der Waals surface area contributed by atoms with E-state index in [-0.39, 0.29) is 16.9 Å². The van der Waals surface area contributed by atoms with E-state index in [0.29, 0.717) is 16.0 Å². The van der Waals surface area contributed by atoms with Crippen molar-refractivity contribution in [2.75, 3.05) is 0 Å². The summed E-state index contributed by atoms with van der Waals surface area (Å²) in [5.74, 6) is 0.320. The van der Waals surface area contributed by atoms with Gasteiger partial charge in [0.15, 0.2) is 11.3 Å². The predicted molar refractivity (Wildman–Crippen MR) is 82.2 cm³/mol.